The Bertz CT molecular complexity index is 527. The van der Waals surface area contributed by atoms with E-state index in [0.717, 1.165) is 11.4 Å². The van der Waals surface area contributed by atoms with Crippen LogP contribution in [0.1, 0.15) is 34.9 Å². The number of ether oxygens (including phenoxy) is 1. The standard InChI is InChI=1S/C12H14N4O2S/c1-3-8(11-13-6-7-19-11)14-10-5-4-9(15-16-10)12(17)18-2/h4-8H,3H2,1-2H3,(H,14,16). The van der Waals surface area contributed by atoms with Crippen LogP contribution in [0.25, 0.3) is 0 Å². The minimum atomic E-state index is -0.494. The molecule has 0 amide bonds. The average molecular weight is 278 g/mol. The van der Waals surface area contributed by atoms with Gasteiger partial charge in [0, 0.05) is 11.6 Å². The first-order valence-electron chi connectivity index (χ1n) is 5.82. The summed E-state index contributed by atoms with van der Waals surface area (Å²) in [5, 5.41) is 13.9. The molecule has 1 unspecified atom stereocenters. The Morgan fingerprint density at radius 1 is 1.47 bits per heavy atom. The fourth-order valence-corrected chi connectivity index (χ4v) is 2.32. The molecule has 1 N–H and O–H groups in total. The van der Waals surface area contributed by atoms with Gasteiger partial charge in [-0.25, -0.2) is 9.78 Å². The Hall–Kier alpha value is -2.02. The van der Waals surface area contributed by atoms with Crippen LogP contribution in [0.2, 0.25) is 0 Å². The van der Waals surface area contributed by atoms with Gasteiger partial charge in [0.2, 0.25) is 0 Å². The van der Waals surface area contributed by atoms with Gasteiger partial charge in [-0.3, -0.25) is 0 Å². The number of aromatic nitrogens is 3. The van der Waals surface area contributed by atoms with Gasteiger partial charge in [0.1, 0.15) is 10.8 Å². The second kappa shape index (κ2) is 6.24. The van der Waals surface area contributed by atoms with Gasteiger partial charge in [-0.2, -0.15) is 0 Å². The molecule has 2 rings (SSSR count). The third-order valence-corrected chi connectivity index (χ3v) is 3.43. The second-order valence-electron chi connectivity index (χ2n) is 3.77. The zero-order valence-corrected chi connectivity index (χ0v) is 11.5. The molecular formula is C12H14N4O2S. The van der Waals surface area contributed by atoms with Crippen molar-refractivity contribution < 1.29 is 9.53 Å². The van der Waals surface area contributed by atoms with Crippen molar-refractivity contribution in [3.63, 3.8) is 0 Å². The van der Waals surface area contributed by atoms with E-state index in [1.54, 1.807) is 29.7 Å². The molecule has 0 fully saturated rings. The lowest BCUT2D eigenvalue weighted by Crippen LogP contribution is -2.12. The van der Waals surface area contributed by atoms with Crippen LogP contribution >= 0.6 is 11.3 Å². The van der Waals surface area contributed by atoms with Gasteiger partial charge in [-0.05, 0) is 18.6 Å². The lowest BCUT2D eigenvalue weighted by Gasteiger charge is -2.14. The van der Waals surface area contributed by atoms with Crippen molar-refractivity contribution in [2.45, 2.75) is 19.4 Å². The van der Waals surface area contributed by atoms with E-state index < -0.39 is 5.97 Å². The van der Waals surface area contributed by atoms with Gasteiger partial charge in [0.15, 0.2) is 5.69 Å². The molecule has 2 heterocycles. The predicted molar refractivity (Wildman–Crippen MR) is 72.1 cm³/mol. The molecule has 0 saturated heterocycles. The van der Waals surface area contributed by atoms with E-state index in [1.807, 2.05) is 5.38 Å². The first-order valence-corrected chi connectivity index (χ1v) is 6.70. The zero-order valence-electron chi connectivity index (χ0n) is 10.7. The van der Waals surface area contributed by atoms with E-state index in [-0.39, 0.29) is 11.7 Å². The topological polar surface area (TPSA) is 77.0 Å². The summed E-state index contributed by atoms with van der Waals surface area (Å²) in [5.74, 6) is 0.112. The first kappa shape index (κ1) is 13.4. The normalized spacial score (nSPS) is 11.9. The fraction of sp³-hybridized carbons (Fsp3) is 0.333. The zero-order chi connectivity index (χ0) is 13.7. The van der Waals surface area contributed by atoms with Crippen LogP contribution in [0.3, 0.4) is 0 Å². The smallest absolute Gasteiger partial charge is 0.358 e. The number of carbonyl (C=O) groups excluding carboxylic acids is 1. The molecule has 7 heteroatoms. The van der Waals surface area contributed by atoms with Crippen LogP contribution in [-0.2, 0) is 4.74 Å². The molecule has 2 aromatic heterocycles. The van der Waals surface area contributed by atoms with Gasteiger partial charge in [-0.1, -0.05) is 6.92 Å². The van der Waals surface area contributed by atoms with Crippen molar-refractivity contribution in [1.29, 1.82) is 0 Å². The Balaban J connectivity index is 2.08. The van der Waals surface area contributed by atoms with Gasteiger partial charge < -0.3 is 10.1 Å². The van der Waals surface area contributed by atoms with Crippen molar-refractivity contribution in [3.8, 4) is 0 Å². The van der Waals surface area contributed by atoms with Gasteiger partial charge in [0.25, 0.3) is 0 Å². The van der Waals surface area contributed by atoms with Crippen LogP contribution in [0, 0.1) is 0 Å². The van der Waals surface area contributed by atoms with Crippen LogP contribution in [0.5, 0.6) is 0 Å². The van der Waals surface area contributed by atoms with E-state index in [0.29, 0.717) is 5.82 Å². The number of anilines is 1. The minimum Gasteiger partial charge on any atom is -0.464 e. The highest BCUT2D eigenvalue weighted by atomic mass is 32.1. The molecule has 0 spiro atoms. The predicted octanol–water partition coefficient (Wildman–Crippen LogP) is 2.28. The second-order valence-corrected chi connectivity index (χ2v) is 4.70. The molecule has 0 saturated carbocycles. The highest BCUT2D eigenvalue weighted by Gasteiger charge is 2.13. The number of thiazole rings is 1. The SMILES string of the molecule is CCC(Nc1ccc(C(=O)OC)nn1)c1nccs1. The van der Waals surface area contributed by atoms with Gasteiger partial charge >= 0.3 is 5.97 Å². The molecule has 19 heavy (non-hydrogen) atoms. The Kier molecular flexibility index (Phi) is 4.40. The van der Waals surface area contributed by atoms with Crippen molar-refractivity contribution in [1.82, 2.24) is 15.2 Å². The summed E-state index contributed by atoms with van der Waals surface area (Å²) < 4.78 is 4.57. The summed E-state index contributed by atoms with van der Waals surface area (Å²) in [5.41, 5.74) is 0.190. The Labute approximate surface area is 114 Å². The first-order chi connectivity index (χ1) is 9.24. The van der Waals surface area contributed by atoms with Gasteiger partial charge in [-0.15, -0.1) is 21.5 Å². The van der Waals surface area contributed by atoms with Crippen molar-refractivity contribution in [3.05, 3.63) is 34.4 Å². The number of nitrogens with zero attached hydrogens (tertiary/aromatic N) is 3. The van der Waals surface area contributed by atoms with E-state index in [4.69, 9.17) is 0 Å². The summed E-state index contributed by atoms with van der Waals surface area (Å²) in [7, 11) is 1.31. The number of carbonyl (C=O) groups is 1. The highest BCUT2D eigenvalue weighted by Crippen LogP contribution is 2.22. The molecule has 0 aliphatic rings. The monoisotopic (exact) mass is 278 g/mol. The Morgan fingerprint density at radius 3 is 2.84 bits per heavy atom. The molecule has 0 bridgehead atoms. The maximum absolute atomic E-state index is 11.2. The number of esters is 1. The summed E-state index contributed by atoms with van der Waals surface area (Å²) in [6, 6.07) is 3.38. The van der Waals surface area contributed by atoms with Crippen LogP contribution in [0.4, 0.5) is 5.82 Å². The minimum absolute atomic E-state index is 0.0956. The lowest BCUT2D eigenvalue weighted by atomic mass is 10.2. The van der Waals surface area contributed by atoms with E-state index >= 15 is 0 Å². The number of hydrogen-bond acceptors (Lipinski definition) is 7. The molecule has 1 atom stereocenters. The lowest BCUT2D eigenvalue weighted by molar-refractivity contribution is 0.0593. The third-order valence-electron chi connectivity index (χ3n) is 2.54. The average Bonchev–Trinajstić information content (AvgIpc) is 2.98. The van der Waals surface area contributed by atoms with Crippen LogP contribution in [0.15, 0.2) is 23.7 Å². The Morgan fingerprint density at radius 2 is 2.32 bits per heavy atom. The summed E-state index contributed by atoms with van der Waals surface area (Å²) in [6.45, 7) is 2.06. The summed E-state index contributed by atoms with van der Waals surface area (Å²) in [6.07, 6.45) is 2.66. The number of rotatable bonds is 5. The van der Waals surface area contributed by atoms with E-state index in [9.17, 15) is 4.79 Å². The number of methoxy groups -OCH3 is 1. The van der Waals surface area contributed by atoms with Gasteiger partial charge in [0.05, 0.1) is 13.2 Å². The third kappa shape index (κ3) is 3.25. The van der Waals surface area contributed by atoms with Crippen molar-refractivity contribution in [2.75, 3.05) is 12.4 Å². The quantitative estimate of drug-likeness (QED) is 0.845. The molecular weight excluding hydrogens is 264 g/mol. The molecule has 100 valence electrons. The summed E-state index contributed by atoms with van der Waals surface area (Å²) in [4.78, 5) is 15.5. The highest BCUT2D eigenvalue weighted by molar-refractivity contribution is 7.09. The van der Waals surface area contributed by atoms with E-state index in [1.165, 1.54) is 7.11 Å². The largest absolute Gasteiger partial charge is 0.464 e. The molecule has 0 aliphatic carbocycles. The molecule has 0 aliphatic heterocycles. The van der Waals surface area contributed by atoms with Crippen molar-refractivity contribution >= 4 is 23.1 Å². The van der Waals surface area contributed by atoms with E-state index in [2.05, 4.69) is 32.2 Å². The molecule has 0 aromatic carbocycles. The number of nitrogens with one attached hydrogen (secondary N) is 1. The summed E-state index contributed by atoms with van der Waals surface area (Å²) >= 11 is 1.59. The maximum Gasteiger partial charge on any atom is 0.358 e. The molecule has 6 nitrogen and oxygen atoms in total. The molecule has 0 radical (unpaired) electrons. The van der Waals surface area contributed by atoms with Crippen molar-refractivity contribution in [2.24, 2.45) is 0 Å². The molecule has 2 aromatic rings. The maximum atomic E-state index is 11.2. The van der Waals surface area contributed by atoms with Crippen LogP contribution < -0.4 is 5.32 Å². The fourth-order valence-electron chi connectivity index (χ4n) is 1.55. The van der Waals surface area contributed by atoms with Crippen LogP contribution in [-0.4, -0.2) is 28.3 Å². The number of hydrogen-bond donors (Lipinski definition) is 1.